The van der Waals surface area contributed by atoms with Gasteiger partial charge in [-0.2, -0.15) is 0 Å². The van der Waals surface area contributed by atoms with Crippen LogP contribution in [0, 0.1) is 0 Å². The van der Waals surface area contributed by atoms with E-state index in [1.807, 2.05) is 13.8 Å². The first-order valence-corrected chi connectivity index (χ1v) is 4.89. The minimum Gasteiger partial charge on any atom is -0.380 e. The van der Waals surface area contributed by atoms with Crippen LogP contribution in [0.2, 0.25) is 0 Å². The van der Waals surface area contributed by atoms with E-state index in [9.17, 15) is 4.79 Å². The summed E-state index contributed by atoms with van der Waals surface area (Å²) in [5.41, 5.74) is 0.563. The Labute approximate surface area is 89.7 Å². The molecule has 0 aromatic carbocycles. The Bertz CT molecular complexity index is 314. The van der Waals surface area contributed by atoms with E-state index in [1.54, 1.807) is 31.6 Å². The summed E-state index contributed by atoms with van der Waals surface area (Å²) in [5, 5.41) is 2.84. The minimum absolute atomic E-state index is 0.00868. The molecule has 0 aliphatic heterocycles. The fourth-order valence-corrected chi connectivity index (χ4v) is 1.11. The quantitative estimate of drug-likeness (QED) is 0.809. The molecular formula is C11H16N2O2. The third-order valence-electron chi connectivity index (χ3n) is 2.36. The highest BCUT2D eigenvalue weighted by Crippen LogP contribution is 2.00. The molecule has 4 nitrogen and oxygen atoms in total. The average Bonchev–Trinajstić information content (AvgIpc) is 2.29. The predicted molar refractivity (Wildman–Crippen MR) is 57.6 cm³/mol. The van der Waals surface area contributed by atoms with E-state index in [0.29, 0.717) is 5.56 Å². The zero-order chi connectivity index (χ0) is 11.3. The Morgan fingerprint density at radius 1 is 1.53 bits per heavy atom. The van der Waals surface area contributed by atoms with Crippen LogP contribution in [-0.4, -0.2) is 30.1 Å². The smallest absolute Gasteiger partial charge is 0.253 e. The molecule has 15 heavy (non-hydrogen) atoms. The summed E-state index contributed by atoms with van der Waals surface area (Å²) in [5.74, 6) is -0.125. The highest BCUT2D eigenvalue weighted by molar-refractivity contribution is 5.93. The van der Waals surface area contributed by atoms with Crippen molar-refractivity contribution in [3.05, 3.63) is 30.1 Å². The van der Waals surface area contributed by atoms with Crippen LogP contribution >= 0.6 is 0 Å². The van der Waals surface area contributed by atoms with Gasteiger partial charge < -0.3 is 10.1 Å². The van der Waals surface area contributed by atoms with Crippen LogP contribution in [0.1, 0.15) is 24.2 Å². The van der Waals surface area contributed by atoms with E-state index < -0.39 is 0 Å². The lowest BCUT2D eigenvalue weighted by atomic mass is 10.2. The molecule has 1 aromatic rings. The van der Waals surface area contributed by atoms with E-state index in [0.717, 1.165) is 0 Å². The zero-order valence-electron chi connectivity index (χ0n) is 9.23. The monoisotopic (exact) mass is 208 g/mol. The molecule has 2 atom stereocenters. The van der Waals surface area contributed by atoms with Crippen molar-refractivity contribution in [2.24, 2.45) is 0 Å². The molecule has 0 saturated carbocycles. The lowest BCUT2D eigenvalue weighted by molar-refractivity contribution is 0.0735. The number of pyridine rings is 1. The molecule has 4 heteroatoms. The number of carbonyl (C=O) groups is 1. The number of carbonyl (C=O) groups excluding carboxylic acids is 1. The SMILES string of the molecule is COC(C)C(C)NC(=O)c1cccnc1. The van der Waals surface area contributed by atoms with Crippen LogP contribution in [0.25, 0.3) is 0 Å². The maximum Gasteiger partial charge on any atom is 0.253 e. The Morgan fingerprint density at radius 3 is 2.80 bits per heavy atom. The molecule has 1 rings (SSSR count). The number of nitrogens with one attached hydrogen (secondary N) is 1. The van der Waals surface area contributed by atoms with Crippen LogP contribution in [0.15, 0.2) is 24.5 Å². The van der Waals surface area contributed by atoms with Gasteiger partial charge in [0.1, 0.15) is 0 Å². The standard InChI is InChI=1S/C11H16N2O2/c1-8(9(2)15-3)13-11(14)10-5-4-6-12-7-10/h4-9H,1-3H3,(H,13,14). The Hall–Kier alpha value is -1.42. The summed E-state index contributed by atoms with van der Waals surface area (Å²) in [6.07, 6.45) is 3.17. The second-order valence-corrected chi connectivity index (χ2v) is 3.44. The number of aromatic nitrogens is 1. The summed E-state index contributed by atoms with van der Waals surface area (Å²) >= 11 is 0. The number of rotatable bonds is 4. The van der Waals surface area contributed by atoms with E-state index in [-0.39, 0.29) is 18.1 Å². The molecule has 82 valence electrons. The summed E-state index contributed by atoms with van der Waals surface area (Å²) in [6, 6.07) is 3.44. The molecule has 1 aromatic heterocycles. The zero-order valence-corrected chi connectivity index (χ0v) is 9.23. The molecule has 0 aliphatic rings. The van der Waals surface area contributed by atoms with Crippen molar-refractivity contribution >= 4 is 5.91 Å². The van der Waals surface area contributed by atoms with Crippen molar-refractivity contribution in [1.29, 1.82) is 0 Å². The summed E-state index contributed by atoms with van der Waals surface area (Å²) in [4.78, 5) is 15.6. The molecular weight excluding hydrogens is 192 g/mol. The summed E-state index contributed by atoms with van der Waals surface area (Å²) in [6.45, 7) is 3.82. The second kappa shape index (κ2) is 5.46. The molecule has 1 heterocycles. The van der Waals surface area contributed by atoms with E-state index in [4.69, 9.17) is 4.74 Å². The lowest BCUT2D eigenvalue weighted by Gasteiger charge is -2.19. The van der Waals surface area contributed by atoms with Crippen LogP contribution in [0.3, 0.4) is 0 Å². The van der Waals surface area contributed by atoms with Gasteiger partial charge in [-0.1, -0.05) is 0 Å². The largest absolute Gasteiger partial charge is 0.380 e. The van der Waals surface area contributed by atoms with Gasteiger partial charge in [0.25, 0.3) is 5.91 Å². The van der Waals surface area contributed by atoms with Gasteiger partial charge in [0.2, 0.25) is 0 Å². The van der Waals surface area contributed by atoms with Gasteiger partial charge in [0, 0.05) is 19.5 Å². The number of nitrogens with zero attached hydrogens (tertiary/aromatic N) is 1. The van der Waals surface area contributed by atoms with E-state index in [2.05, 4.69) is 10.3 Å². The highest BCUT2D eigenvalue weighted by Gasteiger charge is 2.14. The fraction of sp³-hybridized carbons (Fsp3) is 0.455. The van der Waals surface area contributed by atoms with Gasteiger partial charge in [-0.15, -0.1) is 0 Å². The molecule has 1 N–H and O–H groups in total. The Balaban J connectivity index is 2.57. The van der Waals surface area contributed by atoms with Gasteiger partial charge in [0.05, 0.1) is 17.7 Å². The highest BCUT2D eigenvalue weighted by atomic mass is 16.5. The van der Waals surface area contributed by atoms with Crippen molar-refractivity contribution < 1.29 is 9.53 Å². The normalized spacial score (nSPS) is 14.3. The van der Waals surface area contributed by atoms with Crippen LogP contribution < -0.4 is 5.32 Å². The molecule has 0 saturated heterocycles. The van der Waals surface area contributed by atoms with Crippen molar-refractivity contribution in [1.82, 2.24) is 10.3 Å². The third-order valence-corrected chi connectivity index (χ3v) is 2.36. The maximum absolute atomic E-state index is 11.7. The summed E-state index contributed by atoms with van der Waals surface area (Å²) in [7, 11) is 1.62. The first-order valence-electron chi connectivity index (χ1n) is 4.89. The number of methoxy groups -OCH3 is 1. The number of amides is 1. The molecule has 0 aliphatic carbocycles. The first-order chi connectivity index (χ1) is 7.15. The third kappa shape index (κ3) is 3.32. The minimum atomic E-state index is -0.125. The van der Waals surface area contributed by atoms with Gasteiger partial charge in [-0.05, 0) is 26.0 Å². The van der Waals surface area contributed by atoms with Crippen molar-refractivity contribution in [2.75, 3.05) is 7.11 Å². The van der Waals surface area contributed by atoms with Crippen LogP contribution in [0.4, 0.5) is 0 Å². The van der Waals surface area contributed by atoms with Crippen molar-refractivity contribution in [2.45, 2.75) is 26.0 Å². The maximum atomic E-state index is 11.7. The van der Waals surface area contributed by atoms with Gasteiger partial charge in [-0.3, -0.25) is 9.78 Å². The lowest BCUT2D eigenvalue weighted by Crippen LogP contribution is -2.40. The number of hydrogen-bond donors (Lipinski definition) is 1. The summed E-state index contributed by atoms with van der Waals surface area (Å²) < 4.78 is 5.12. The molecule has 0 radical (unpaired) electrons. The Morgan fingerprint density at radius 2 is 2.27 bits per heavy atom. The van der Waals surface area contributed by atoms with Crippen molar-refractivity contribution in [3.8, 4) is 0 Å². The van der Waals surface area contributed by atoms with E-state index >= 15 is 0 Å². The van der Waals surface area contributed by atoms with Gasteiger partial charge in [0.15, 0.2) is 0 Å². The van der Waals surface area contributed by atoms with Crippen LogP contribution in [-0.2, 0) is 4.74 Å². The average molecular weight is 208 g/mol. The molecule has 0 bridgehead atoms. The first kappa shape index (κ1) is 11.7. The molecule has 2 unspecified atom stereocenters. The Kier molecular flexibility index (Phi) is 4.24. The van der Waals surface area contributed by atoms with Crippen LogP contribution in [0.5, 0.6) is 0 Å². The van der Waals surface area contributed by atoms with E-state index in [1.165, 1.54) is 0 Å². The van der Waals surface area contributed by atoms with Gasteiger partial charge in [-0.25, -0.2) is 0 Å². The molecule has 0 fully saturated rings. The number of hydrogen-bond acceptors (Lipinski definition) is 3. The molecule has 1 amide bonds. The van der Waals surface area contributed by atoms with Crippen molar-refractivity contribution in [3.63, 3.8) is 0 Å². The fourth-order valence-electron chi connectivity index (χ4n) is 1.11. The number of ether oxygens (including phenoxy) is 1. The topological polar surface area (TPSA) is 51.2 Å². The van der Waals surface area contributed by atoms with Gasteiger partial charge >= 0.3 is 0 Å². The predicted octanol–water partition coefficient (Wildman–Crippen LogP) is 1.23. The second-order valence-electron chi connectivity index (χ2n) is 3.44. The molecule has 0 spiro atoms.